The Kier molecular flexibility index (Phi) is 4.94. The predicted molar refractivity (Wildman–Crippen MR) is 85.0 cm³/mol. The van der Waals surface area contributed by atoms with Crippen LogP contribution in [0, 0.1) is 0 Å². The third-order valence-corrected chi connectivity index (χ3v) is 3.50. The van der Waals surface area contributed by atoms with Crippen LogP contribution in [0.4, 0.5) is 5.69 Å². The molecule has 0 aromatic heterocycles. The van der Waals surface area contributed by atoms with Gasteiger partial charge in [0.1, 0.15) is 11.8 Å². The Hall–Kier alpha value is -1.91. The number of nitrogens with two attached hydrogens (primary N) is 1. The van der Waals surface area contributed by atoms with Crippen molar-refractivity contribution in [2.75, 3.05) is 12.4 Å². The van der Waals surface area contributed by atoms with E-state index in [0.29, 0.717) is 21.4 Å². The molecule has 0 bridgehead atoms. The van der Waals surface area contributed by atoms with Crippen LogP contribution in [-0.4, -0.2) is 13.0 Å². The van der Waals surface area contributed by atoms with Crippen LogP contribution in [0.5, 0.6) is 5.75 Å². The summed E-state index contributed by atoms with van der Waals surface area (Å²) in [6.45, 7) is 0. The lowest BCUT2D eigenvalue weighted by atomic mass is 10.1. The highest BCUT2D eigenvalue weighted by Gasteiger charge is 2.19. The molecule has 2 rings (SSSR count). The van der Waals surface area contributed by atoms with Crippen LogP contribution < -0.4 is 15.8 Å². The van der Waals surface area contributed by atoms with Gasteiger partial charge in [0.15, 0.2) is 0 Å². The molecular weight excluding hydrogens is 311 g/mol. The molecule has 0 aliphatic rings. The number of amides is 1. The minimum Gasteiger partial charge on any atom is -0.495 e. The van der Waals surface area contributed by atoms with Gasteiger partial charge in [0.2, 0.25) is 5.91 Å². The molecule has 3 N–H and O–H groups in total. The topological polar surface area (TPSA) is 64.3 Å². The highest BCUT2D eigenvalue weighted by atomic mass is 35.5. The zero-order valence-electron chi connectivity index (χ0n) is 11.3. The van der Waals surface area contributed by atoms with Gasteiger partial charge in [-0.3, -0.25) is 4.79 Å². The van der Waals surface area contributed by atoms with Gasteiger partial charge in [0.05, 0.1) is 12.1 Å². The third kappa shape index (κ3) is 3.80. The van der Waals surface area contributed by atoms with Crippen molar-refractivity contribution in [1.29, 1.82) is 0 Å². The van der Waals surface area contributed by atoms with Gasteiger partial charge in [0.25, 0.3) is 0 Å². The Morgan fingerprint density at radius 1 is 1.19 bits per heavy atom. The van der Waals surface area contributed by atoms with Gasteiger partial charge in [0, 0.05) is 10.7 Å². The molecule has 6 heteroatoms. The Balaban J connectivity index is 2.28. The maximum Gasteiger partial charge on any atom is 0.244 e. The summed E-state index contributed by atoms with van der Waals surface area (Å²) in [7, 11) is 1.53. The van der Waals surface area contributed by atoms with Gasteiger partial charge < -0.3 is 15.8 Å². The summed E-state index contributed by atoms with van der Waals surface area (Å²) in [5.74, 6) is 0.0290. The van der Waals surface area contributed by atoms with Crippen molar-refractivity contribution in [3.05, 3.63) is 58.1 Å². The lowest BCUT2D eigenvalue weighted by Crippen LogP contribution is -2.27. The maximum absolute atomic E-state index is 11.7. The number of ether oxygens (including phenoxy) is 1. The number of nitrogens with one attached hydrogen (secondary N) is 1. The second-order valence-electron chi connectivity index (χ2n) is 4.38. The van der Waals surface area contributed by atoms with Crippen LogP contribution in [0.1, 0.15) is 11.6 Å². The zero-order valence-corrected chi connectivity index (χ0v) is 12.8. The lowest BCUT2D eigenvalue weighted by molar-refractivity contribution is -0.118. The molecule has 0 heterocycles. The number of carbonyl (C=O) groups excluding carboxylic acids is 1. The molecule has 0 saturated heterocycles. The van der Waals surface area contributed by atoms with E-state index in [2.05, 4.69) is 5.32 Å². The molecule has 4 nitrogen and oxygen atoms in total. The van der Waals surface area contributed by atoms with Crippen LogP contribution in [-0.2, 0) is 4.79 Å². The van der Waals surface area contributed by atoms with Crippen molar-refractivity contribution in [1.82, 2.24) is 0 Å². The van der Waals surface area contributed by atoms with Gasteiger partial charge in [-0.1, -0.05) is 29.3 Å². The Bertz CT molecular complexity index is 645. The number of carbonyl (C=O) groups is 1. The molecule has 0 aliphatic heterocycles. The highest BCUT2D eigenvalue weighted by molar-refractivity contribution is 6.32. The molecule has 1 unspecified atom stereocenters. The van der Waals surface area contributed by atoms with Crippen molar-refractivity contribution in [3.8, 4) is 5.75 Å². The number of rotatable bonds is 5. The molecule has 0 saturated carbocycles. The van der Waals surface area contributed by atoms with Gasteiger partial charge in [-0.2, -0.15) is 0 Å². The quantitative estimate of drug-likeness (QED) is 0.882. The van der Waals surface area contributed by atoms with Crippen LogP contribution in [0.25, 0.3) is 0 Å². The van der Waals surface area contributed by atoms with E-state index < -0.39 is 11.9 Å². The van der Waals surface area contributed by atoms with Crippen LogP contribution in [0.2, 0.25) is 10.0 Å². The molecule has 21 heavy (non-hydrogen) atoms. The van der Waals surface area contributed by atoms with E-state index in [0.717, 1.165) is 5.69 Å². The van der Waals surface area contributed by atoms with Gasteiger partial charge in [-0.25, -0.2) is 0 Å². The predicted octanol–water partition coefficient (Wildman–Crippen LogP) is 3.64. The largest absolute Gasteiger partial charge is 0.495 e. The Labute approximate surface area is 132 Å². The molecule has 110 valence electrons. The average molecular weight is 325 g/mol. The van der Waals surface area contributed by atoms with Crippen molar-refractivity contribution in [2.24, 2.45) is 5.73 Å². The maximum atomic E-state index is 11.7. The van der Waals surface area contributed by atoms with Crippen LogP contribution >= 0.6 is 23.2 Å². The number of hydrogen-bond acceptors (Lipinski definition) is 3. The third-order valence-electron chi connectivity index (χ3n) is 2.95. The summed E-state index contributed by atoms with van der Waals surface area (Å²) in [4.78, 5) is 11.7. The van der Waals surface area contributed by atoms with Crippen molar-refractivity contribution >= 4 is 34.8 Å². The van der Waals surface area contributed by atoms with E-state index in [-0.39, 0.29) is 0 Å². The summed E-state index contributed by atoms with van der Waals surface area (Å²) in [5.41, 5.74) is 6.85. The van der Waals surface area contributed by atoms with E-state index in [1.807, 2.05) is 0 Å². The molecule has 0 radical (unpaired) electrons. The summed E-state index contributed by atoms with van der Waals surface area (Å²) >= 11 is 11.9. The molecule has 2 aromatic carbocycles. The van der Waals surface area contributed by atoms with Gasteiger partial charge in [-0.15, -0.1) is 0 Å². The van der Waals surface area contributed by atoms with E-state index >= 15 is 0 Å². The monoisotopic (exact) mass is 324 g/mol. The average Bonchev–Trinajstić information content (AvgIpc) is 2.46. The molecule has 1 amide bonds. The number of anilines is 1. The SMILES string of the molecule is COc1ccc(C(Nc2ccc(Cl)cc2)C(N)=O)cc1Cl. The van der Waals surface area contributed by atoms with Crippen molar-refractivity contribution < 1.29 is 9.53 Å². The summed E-state index contributed by atoms with van der Waals surface area (Å²) in [6, 6.07) is 11.4. The normalized spacial score (nSPS) is 11.8. The summed E-state index contributed by atoms with van der Waals surface area (Å²) in [6.07, 6.45) is 0. The number of methoxy groups -OCH3 is 1. The smallest absolute Gasteiger partial charge is 0.244 e. The number of benzene rings is 2. The second kappa shape index (κ2) is 6.70. The van der Waals surface area contributed by atoms with Crippen LogP contribution in [0.15, 0.2) is 42.5 Å². The minimum absolute atomic E-state index is 0.416. The standard InChI is InChI=1S/C15H14Cl2N2O2/c1-21-13-7-2-9(8-12(13)17)14(15(18)20)19-11-5-3-10(16)4-6-11/h2-8,14,19H,1H3,(H2,18,20). The molecular formula is C15H14Cl2N2O2. The van der Waals surface area contributed by atoms with Crippen molar-refractivity contribution in [2.45, 2.75) is 6.04 Å². The summed E-state index contributed by atoms with van der Waals surface area (Å²) in [5, 5.41) is 4.08. The first kappa shape index (κ1) is 15.5. The fourth-order valence-corrected chi connectivity index (χ4v) is 2.29. The zero-order chi connectivity index (χ0) is 15.4. The molecule has 0 aliphatic carbocycles. The first-order chi connectivity index (χ1) is 10.0. The molecule has 2 aromatic rings. The minimum atomic E-state index is -0.699. The van der Waals surface area contributed by atoms with Gasteiger partial charge >= 0.3 is 0 Å². The first-order valence-electron chi connectivity index (χ1n) is 6.16. The highest BCUT2D eigenvalue weighted by Crippen LogP contribution is 2.29. The number of halogens is 2. The Morgan fingerprint density at radius 2 is 1.86 bits per heavy atom. The first-order valence-corrected chi connectivity index (χ1v) is 6.91. The molecule has 0 spiro atoms. The lowest BCUT2D eigenvalue weighted by Gasteiger charge is -2.18. The Morgan fingerprint density at radius 3 is 2.38 bits per heavy atom. The number of hydrogen-bond donors (Lipinski definition) is 2. The second-order valence-corrected chi connectivity index (χ2v) is 5.22. The molecule has 0 fully saturated rings. The molecule has 1 atom stereocenters. The fourth-order valence-electron chi connectivity index (χ4n) is 1.89. The number of primary amides is 1. The summed E-state index contributed by atoms with van der Waals surface area (Å²) < 4.78 is 5.09. The van der Waals surface area contributed by atoms with E-state index in [9.17, 15) is 4.79 Å². The van der Waals surface area contributed by atoms with Crippen LogP contribution in [0.3, 0.4) is 0 Å². The van der Waals surface area contributed by atoms with E-state index in [1.54, 1.807) is 42.5 Å². The van der Waals surface area contributed by atoms with Crippen molar-refractivity contribution in [3.63, 3.8) is 0 Å². The van der Waals surface area contributed by atoms with Gasteiger partial charge in [-0.05, 0) is 42.0 Å². The van der Waals surface area contributed by atoms with E-state index in [4.69, 9.17) is 33.7 Å². The van der Waals surface area contributed by atoms with E-state index in [1.165, 1.54) is 7.11 Å². The fraction of sp³-hybridized carbons (Fsp3) is 0.133.